The Morgan fingerprint density at radius 3 is 2.79 bits per heavy atom. The predicted molar refractivity (Wildman–Crippen MR) is 62.1 cm³/mol. The largest absolute Gasteiger partial charge is 0.271 e. The van der Waals surface area contributed by atoms with Crippen LogP contribution in [-0.4, -0.2) is 14.6 Å². The third-order valence-corrected chi connectivity index (χ3v) is 4.36. The quantitative estimate of drug-likeness (QED) is 0.719. The summed E-state index contributed by atoms with van der Waals surface area (Å²) >= 11 is 9.88. The van der Waals surface area contributed by atoms with E-state index in [1.165, 1.54) is 31.4 Å². The monoisotopic (exact) mass is 276 g/mol. The number of rotatable bonds is 1. The molecular formula is C10H14BrClN2. The summed E-state index contributed by atoms with van der Waals surface area (Å²) in [5.74, 6) is 0.531. The van der Waals surface area contributed by atoms with Crippen LogP contribution in [0.5, 0.6) is 0 Å². The number of halogens is 2. The molecule has 2 unspecified atom stereocenters. The molecule has 1 aliphatic carbocycles. The van der Waals surface area contributed by atoms with Crippen LogP contribution in [-0.2, 0) is 7.05 Å². The second-order valence-electron chi connectivity index (χ2n) is 3.91. The average molecular weight is 278 g/mol. The summed E-state index contributed by atoms with van der Waals surface area (Å²) in [6.45, 7) is 0. The standard InChI is InChI=1S/C10H14BrClN2/c1-14-10(9(12)6-13-14)7-4-2-3-5-8(7)11/h6-8H,2-5H2,1H3. The van der Waals surface area contributed by atoms with Crippen LogP contribution in [0, 0.1) is 0 Å². The van der Waals surface area contributed by atoms with E-state index in [4.69, 9.17) is 11.6 Å². The summed E-state index contributed by atoms with van der Waals surface area (Å²) < 4.78 is 1.91. The summed E-state index contributed by atoms with van der Waals surface area (Å²) in [6, 6.07) is 0. The molecule has 0 spiro atoms. The van der Waals surface area contributed by atoms with Gasteiger partial charge in [-0.3, -0.25) is 4.68 Å². The Morgan fingerprint density at radius 2 is 2.21 bits per heavy atom. The van der Waals surface area contributed by atoms with Crippen molar-refractivity contribution < 1.29 is 0 Å². The molecule has 78 valence electrons. The summed E-state index contributed by atoms with van der Waals surface area (Å²) in [5.41, 5.74) is 1.19. The number of alkyl halides is 1. The van der Waals surface area contributed by atoms with Crippen LogP contribution < -0.4 is 0 Å². The summed E-state index contributed by atoms with van der Waals surface area (Å²) in [7, 11) is 1.97. The van der Waals surface area contributed by atoms with Crippen LogP contribution in [0.25, 0.3) is 0 Å². The van der Waals surface area contributed by atoms with Crippen molar-refractivity contribution >= 4 is 27.5 Å². The van der Waals surface area contributed by atoms with E-state index in [0.717, 1.165) is 5.02 Å². The normalized spacial score (nSPS) is 27.9. The van der Waals surface area contributed by atoms with Gasteiger partial charge in [-0.25, -0.2) is 0 Å². The van der Waals surface area contributed by atoms with Gasteiger partial charge < -0.3 is 0 Å². The second-order valence-corrected chi connectivity index (χ2v) is 5.49. The summed E-state index contributed by atoms with van der Waals surface area (Å²) in [4.78, 5) is 0.559. The van der Waals surface area contributed by atoms with Gasteiger partial charge in [0, 0.05) is 17.8 Å². The fourth-order valence-electron chi connectivity index (χ4n) is 2.23. The van der Waals surface area contributed by atoms with Gasteiger partial charge in [0.2, 0.25) is 0 Å². The van der Waals surface area contributed by atoms with E-state index in [1.807, 2.05) is 11.7 Å². The maximum atomic E-state index is 6.14. The molecule has 0 bridgehead atoms. The summed E-state index contributed by atoms with van der Waals surface area (Å²) in [6.07, 6.45) is 6.82. The first-order valence-electron chi connectivity index (χ1n) is 5.01. The Hall–Kier alpha value is -0.0200. The van der Waals surface area contributed by atoms with E-state index >= 15 is 0 Å². The molecule has 0 N–H and O–H groups in total. The average Bonchev–Trinajstić information content (AvgIpc) is 2.48. The highest BCUT2D eigenvalue weighted by molar-refractivity contribution is 9.09. The Kier molecular flexibility index (Phi) is 3.17. The molecule has 1 saturated carbocycles. The lowest BCUT2D eigenvalue weighted by molar-refractivity contribution is 0.440. The van der Waals surface area contributed by atoms with Gasteiger partial charge in [0.05, 0.1) is 16.9 Å². The van der Waals surface area contributed by atoms with E-state index in [9.17, 15) is 0 Å². The molecule has 0 saturated heterocycles. The number of hydrogen-bond acceptors (Lipinski definition) is 1. The smallest absolute Gasteiger partial charge is 0.0821 e. The molecule has 0 radical (unpaired) electrons. The fourth-order valence-corrected chi connectivity index (χ4v) is 3.38. The second kappa shape index (κ2) is 4.23. The van der Waals surface area contributed by atoms with E-state index in [-0.39, 0.29) is 0 Å². The van der Waals surface area contributed by atoms with Crippen molar-refractivity contribution in [1.29, 1.82) is 0 Å². The van der Waals surface area contributed by atoms with Crippen LogP contribution in [0.2, 0.25) is 5.02 Å². The minimum absolute atomic E-state index is 0.531. The molecule has 2 atom stereocenters. The Balaban J connectivity index is 2.28. The highest BCUT2D eigenvalue weighted by Crippen LogP contribution is 2.39. The Labute approximate surface area is 97.8 Å². The van der Waals surface area contributed by atoms with Crippen molar-refractivity contribution in [2.45, 2.75) is 36.4 Å². The van der Waals surface area contributed by atoms with Gasteiger partial charge >= 0.3 is 0 Å². The molecule has 1 heterocycles. The highest BCUT2D eigenvalue weighted by atomic mass is 79.9. The number of hydrogen-bond donors (Lipinski definition) is 0. The molecule has 1 aromatic rings. The molecule has 14 heavy (non-hydrogen) atoms. The first-order chi connectivity index (χ1) is 6.70. The zero-order valence-corrected chi connectivity index (χ0v) is 10.6. The number of nitrogens with zero attached hydrogens (tertiary/aromatic N) is 2. The first-order valence-corrected chi connectivity index (χ1v) is 6.31. The molecule has 1 aliphatic rings. The molecule has 4 heteroatoms. The minimum atomic E-state index is 0.531. The molecule has 1 fully saturated rings. The van der Waals surface area contributed by atoms with Crippen molar-refractivity contribution in [1.82, 2.24) is 9.78 Å². The third kappa shape index (κ3) is 1.84. The van der Waals surface area contributed by atoms with Crippen LogP contribution in [0.15, 0.2) is 6.20 Å². The molecule has 0 amide bonds. The zero-order valence-electron chi connectivity index (χ0n) is 8.21. The molecule has 2 rings (SSSR count). The Bertz CT molecular complexity index is 304. The molecule has 2 nitrogen and oxygen atoms in total. The van der Waals surface area contributed by atoms with E-state index in [2.05, 4.69) is 21.0 Å². The third-order valence-electron chi connectivity index (χ3n) is 2.97. The lowest BCUT2D eigenvalue weighted by Gasteiger charge is -2.27. The van der Waals surface area contributed by atoms with Gasteiger partial charge in [0.15, 0.2) is 0 Å². The maximum absolute atomic E-state index is 6.14. The van der Waals surface area contributed by atoms with E-state index < -0.39 is 0 Å². The fraction of sp³-hybridized carbons (Fsp3) is 0.700. The van der Waals surface area contributed by atoms with Crippen LogP contribution in [0.4, 0.5) is 0 Å². The van der Waals surface area contributed by atoms with Crippen LogP contribution >= 0.6 is 27.5 Å². The SMILES string of the molecule is Cn1ncc(Cl)c1C1CCCCC1Br. The van der Waals surface area contributed by atoms with Crippen LogP contribution in [0.1, 0.15) is 37.3 Å². The zero-order chi connectivity index (χ0) is 10.1. The lowest BCUT2D eigenvalue weighted by atomic mass is 9.87. The minimum Gasteiger partial charge on any atom is -0.271 e. The highest BCUT2D eigenvalue weighted by Gasteiger charge is 2.28. The molecule has 0 aromatic carbocycles. The predicted octanol–water partition coefficient (Wildman–Crippen LogP) is 3.49. The maximum Gasteiger partial charge on any atom is 0.0821 e. The van der Waals surface area contributed by atoms with Gasteiger partial charge in [0.25, 0.3) is 0 Å². The van der Waals surface area contributed by atoms with Gasteiger partial charge in [-0.2, -0.15) is 5.10 Å². The molecule has 1 aromatic heterocycles. The van der Waals surface area contributed by atoms with Crippen molar-refractivity contribution in [3.63, 3.8) is 0 Å². The van der Waals surface area contributed by atoms with Crippen LogP contribution in [0.3, 0.4) is 0 Å². The van der Waals surface area contributed by atoms with Gasteiger partial charge in [-0.05, 0) is 12.8 Å². The van der Waals surface area contributed by atoms with Gasteiger partial charge in [-0.1, -0.05) is 40.4 Å². The Morgan fingerprint density at radius 1 is 1.50 bits per heavy atom. The number of aryl methyl sites for hydroxylation is 1. The van der Waals surface area contributed by atoms with Crippen molar-refractivity contribution in [3.05, 3.63) is 16.9 Å². The first kappa shape index (κ1) is 10.5. The number of aromatic nitrogens is 2. The summed E-state index contributed by atoms with van der Waals surface area (Å²) in [5, 5.41) is 5.00. The van der Waals surface area contributed by atoms with Crippen molar-refractivity contribution in [3.8, 4) is 0 Å². The van der Waals surface area contributed by atoms with Gasteiger partial charge in [-0.15, -0.1) is 0 Å². The molecular weight excluding hydrogens is 263 g/mol. The van der Waals surface area contributed by atoms with Crippen molar-refractivity contribution in [2.75, 3.05) is 0 Å². The topological polar surface area (TPSA) is 17.8 Å². The van der Waals surface area contributed by atoms with E-state index in [0.29, 0.717) is 10.7 Å². The van der Waals surface area contributed by atoms with E-state index in [1.54, 1.807) is 6.20 Å². The lowest BCUT2D eigenvalue weighted by Crippen LogP contribution is -2.20. The van der Waals surface area contributed by atoms with Crippen molar-refractivity contribution in [2.24, 2.45) is 7.05 Å². The van der Waals surface area contributed by atoms with Gasteiger partial charge in [0.1, 0.15) is 0 Å². The molecule has 0 aliphatic heterocycles.